The second-order valence-corrected chi connectivity index (χ2v) is 6.80. The van der Waals surface area contributed by atoms with Crippen LogP contribution in [0.2, 0.25) is 0 Å². The molecule has 0 unspecified atom stereocenters. The number of hydrogen-bond acceptors (Lipinski definition) is 3. The Bertz CT molecular complexity index is 694. The fourth-order valence-corrected chi connectivity index (χ4v) is 3.32. The maximum atomic E-state index is 12.5. The lowest BCUT2D eigenvalue weighted by Crippen LogP contribution is -2.39. The van der Waals surface area contributed by atoms with Crippen molar-refractivity contribution in [2.24, 2.45) is 5.92 Å². The van der Waals surface area contributed by atoms with E-state index in [-0.39, 0.29) is 5.91 Å². The molecular weight excluding hydrogens is 326 g/mol. The van der Waals surface area contributed by atoms with Crippen LogP contribution in [0.1, 0.15) is 24.8 Å². The molecule has 0 saturated carbocycles. The largest absolute Gasteiger partial charge is 0.497 e. The minimum atomic E-state index is 0.246. The van der Waals surface area contributed by atoms with Gasteiger partial charge in [-0.25, -0.2) is 0 Å². The first-order chi connectivity index (χ1) is 12.7. The summed E-state index contributed by atoms with van der Waals surface area (Å²) in [7, 11) is 1.66. The molecule has 138 valence electrons. The molecule has 1 aliphatic rings. The van der Waals surface area contributed by atoms with E-state index in [0.717, 1.165) is 56.0 Å². The van der Waals surface area contributed by atoms with Gasteiger partial charge in [-0.15, -0.1) is 0 Å². The van der Waals surface area contributed by atoms with E-state index < -0.39 is 0 Å². The van der Waals surface area contributed by atoms with E-state index in [9.17, 15) is 4.79 Å². The average Bonchev–Trinajstić information content (AvgIpc) is 2.72. The number of para-hydroxylation sites is 1. The lowest BCUT2D eigenvalue weighted by Gasteiger charge is -2.32. The fraction of sp³-hybridized carbons (Fsp3) is 0.409. The summed E-state index contributed by atoms with van der Waals surface area (Å²) in [6.45, 7) is 2.40. The van der Waals surface area contributed by atoms with Crippen molar-refractivity contribution in [3.63, 3.8) is 0 Å². The third kappa shape index (κ3) is 5.25. The van der Waals surface area contributed by atoms with Gasteiger partial charge in [0.15, 0.2) is 0 Å². The number of benzene rings is 2. The van der Waals surface area contributed by atoms with Crippen LogP contribution in [0.15, 0.2) is 54.6 Å². The molecule has 0 aromatic heterocycles. The summed E-state index contributed by atoms with van der Waals surface area (Å²) in [5.41, 5.74) is 1.14. The summed E-state index contributed by atoms with van der Waals surface area (Å²) < 4.78 is 11.1. The van der Waals surface area contributed by atoms with Crippen molar-refractivity contribution in [2.75, 3.05) is 26.8 Å². The summed E-state index contributed by atoms with van der Waals surface area (Å²) in [6.07, 6.45) is 3.33. The second-order valence-electron chi connectivity index (χ2n) is 6.80. The molecule has 0 aliphatic carbocycles. The van der Waals surface area contributed by atoms with E-state index in [1.807, 2.05) is 59.5 Å². The summed E-state index contributed by atoms with van der Waals surface area (Å²) in [5.74, 6) is 2.53. The van der Waals surface area contributed by atoms with Crippen LogP contribution in [0, 0.1) is 5.92 Å². The van der Waals surface area contributed by atoms with Gasteiger partial charge in [0.2, 0.25) is 5.91 Å². The first-order valence-electron chi connectivity index (χ1n) is 9.33. The number of piperidine rings is 1. The van der Waals surface area contributed by atoms with Crippen LogP contribution < -0.4 is 9.47 Å². The normalized spacial score (nSPS) is 14.9. The number of likely N-dealkylation sites (tertiary alicyclic amines) is 1. The molecule has 0 N–H and O–H groups in total. The number of rotatable bonds is 7. The maximum Gasteiger partial charge on any atom is 0.222 e. The Morgan fingerprint density at radius 3 is 2.50 bits per heavy atom. The molecule has 0 radical (unpaired) electrons. The topological polar surface area (TPSA) is 38.8 Å². The van der Waals surface area contributed by atoms with Gasteiger partial charge in [-0.1, -0.05) is 30.3 Å². The van der Waals surface area contributed by atoms with Crippen LogP contribution in [0.4, 0.5) is 0 Å². The lowest BCUT2D eigenvalue weighted by atomic mass is 9.97. The molecule has 1 aliphatic heterocycles. The van der Waals surface area contributed by atoms with Crippen LogP contribution in [-0.4, -0.2) is 37.6 Å². The Morgan fingerprint density at radius 2 is 1.77 bits per heavy atom. The van der Waals surface area contributed by atoms with Crippen molar-refractivity contribution in [1.82, 2.24) is 4.90 Å². The van der Waals surface area contributed by atoms with Crippen LogP contribution in [0.5, 0.6) is 11.5 Å². The van der Waals surface area contributed by atoms with Crippen LogP contribution >= 0.6 is 0 Å². The maximum absolute atomic E-state index is 12.5. The smallest absolute Gasteiger partial charge is 0.222 e. The Labute approximate surface area is 155 Å². The minimum absolute atomic E-state index is 0.246. The van der Waals surface area contributed by atoms with Crippen LogP contribution in [-0.2, 0) is 11.2 Å². The van der Waals surface area contributed by atoms with Gasteiger partial charge in [0.25, 0.3) is 0 Å². The molecule has 1 amide bonds. The zero-order valence-corrected chi connectivity index (χ0v) is 15.4. The van der Waals surface area contributed by atoms with E-state index in [2.05, 4.69) is 0 Å². The number of hydrogen-bond donors (Lipinski definition) is 0. The molecule has 4 nitrogen and oxygen atoms in total. The van der Waals surface area contributed by atoms with Gasteiger partial charge in [-0.05, 0) is 55.0 Å². The van der Waals surface area contributed by atoms with E-state index >= 15 is 0 Å². The molecule has 26 heavy (non-hydrogen) atoms. The first kappa shape index (κ1) is 18.3. The molecule has 0 spiro atoms. The highest BCUT2D eigenvalue weighted by molar-refractivity contribution is 5.76. The first-order valence-corrected chi connectivity index (χ1v) is 9.33. The predicted molar refractivity (Wildman–Crippen MR) is 103 cm³/mol. The standard InChI is InChI=1S/C22H27NO3/c1-25-21-9-5-6-18(16-21)10-11-22(24)23-14-12-19(13-15-23)17-26-20-7-3-2-4-8-20/h2-9,16,19H,10-15,17H2,1H3. The second kappa shape index (κ2) is 9.27. The number of methoxy groups -OCH3 is 1. The van der Waals surface area contributed by atoms with Crippen LogP contribution in [0.3, 0.4) is 0 Å². The Morgan fingerprint density at radius 1 is 1.04 bits per heavy atom. The Hall–Kier alpha value is -2.49. The Kier molecular flexibility index (Phi) is 6.53. The fourth-order valence-electron chi connectivity index (χ4n) is 3.32. The van der Waals surface area contributed by atoms with Gasteiger partial charge in [0.1, 0.15) is 11.5 Å². The molecule has 2 aromatic rings. The third-order valence-corrected chi connectivity index (χ3v) is 4.96. The van der Waals surface area contributed by atoms with Gasteiger partial charge in [0.05, 0.1) is 13.7 Å². The van der Waals surface area contributed by atoms with Crippen LogP contribution in [0.25, 0.3) is 0 Å². The highest BCUT2D eigenvalue weighted by atomic mass is 16.5. The van der Waals surface area contributed by atoms with Crippen molar-refractivity contribution < 1.29 is 14.3 Å². The van der Waals surface area contributed by atoms with Gasteiger partial charge >= 0.3 is 0 Å². The average molecular weight is 353 g/mol. The van der Waals surface area contributed by atoms with Gasteiger partial charge < -0.3 is 14.4 Å². The number of carbonyl (C=O) groups excluding carboxylic acids is 1. The number of carbonyl (C=O) groups is 1. The molecule has 1 fully saturated rings. The molecular formula is C22H27NO3. The van der Waals surface area contributed by atoms with Crippen molar-refractivity contribution in [2.45, 2.75) is 25.7 Å². The zero-order chi connectivity index (χ0) is 18.2. The summed E-state index contributed by atoms with van der Waals surface area (Å²) in [6, 6.07) is 17.9. The van der Waals surface area contributed by atoms with Crippen molar-refractivity contribution in [1.29, 1.82) is 0 Å². The van der Waals surface area contributed by atoms with Gasteiger partial charge in [0, 0.05) is 19.5 Å². The van der Waals surface area contributed by atoms with Gasteiger partial charge in [-0.2, -0.15) is 0 Å². The summed E-state index contributed by atoms with van der Waals surface area (Å²) >= 11 is 0. The molecule has 1 heterocycles. The Balaban J connectivity index is 1.39. The highest BCUT2D eigenvalue weighted by Gasteiger charge is 2.23. The summed E-state index contributed by atoms with van der Waals surface area (Å²) in [5, 5.41) is 0. The van der Waals surface area contributed by atoms with Crippen molar-refractivity contribution in [3.8, 4) is 11.5 Å². The lowest BCUT2D eigenvalue weighted by molar-refractivity contribution is -0.132. The third-order valence-electron chi connectivity index (χ3n) is 4.96. The monoisotopic (exact) mass is 353 g/mol. The number of aryl methyl sites for hydroxylation is 1. The van der Waals surface area contributed by atoms with E-state index in [0.29, 0.717) is 12.3 Å². The quantitative estimate of drug-likeness (QED) is 0.757. The molecule has 0 atom stereocenters. The number of amides is 1. The van der Waals surface area contributed by atoms with Crippen molar-refractivity contribution >= 4 is 5.91 Å². The van der Waals surface area contributed by atoms with Gasteiger partial charge in [-0.3, -0.25) is 4.79 Å². The highest BCUT2D eigenvalue weighted by Crippen LogP contribution is 2.21. The zero-order valence-electron chi connectivity index (χ0n) is 15.4. The predicted octanol–water partition coefficient (Wildman–Crippen LogP) is 3.95. The molecule has 4 heteroatoms. The number of ether oxygens (including phenoxy) is 2. The van der Waals surface area contributed by atoms with E-state index in [4.69, 9.17) is 9.47 Å². The molecule has 3 rings (SSSR count). The van der Waals surface area contributed by atoms with E-state index in [1.165, 1.54) is 0 Å². The molecule has 2 aromatic carbocycles. The molecule has 1 saturated heterocycles. The summed E-state index contributed by atoms with van der Waals surface area (Å²) in [4.78, 5) is 14.5. The van der Waals surface area contributed by atoms with Crippen molar-refractivity contribution in [3.05, 3.63) is 60.2 Å². The number of nitrogens with zero attached hydrogens (tertiary/aromatic N) is 1. The molecule has 0 bridgehead atoms. The SMILES string of the molecule is COc1cccc(CCC(=O)N2CCC(COc3ccccc3)CC2)c1. The van der Waals surface area contributed by atoms with E-state index in [1.54, 1.807) is 7.11 Å². The minimum Gasteiger partial charge on any atom is -0.497 e.